The average Bonchev–Trinajstić information content (AvgIpc) is 2.83. The van der Waals surface area contributed by atoms with Gasteiger partial charge in [-0.15, -0.1) is 0 Å². The predicted molar refractivity (Wildman–Crippen MR) is 79.4 cm³/mol. The number of carbonyl (C=O) groups excluding carboxylic acids is 1. The first-order valence-electron chi connectivity index (χ1n) is 6.56. The number of hydrogen-bond acceptors (Lipinski definition) is 3. The summed E-state index contributed by atoms with van der Waals surface area (Å²) >= 11 is 3.35. The molecule has 1 fully saturated rings. The Morgan fingerprint density at radius 1 is 1.37 bits per heavy atom. The molecule has 2 heterocycles. The van der Waals surface area contributed by atoms with Crippen LogP contribution in [0.5, 0.6) is 0 Å². The fraction of sp³-hybridized carbons (Fsp3) is 0.615. The Balaban J connectivity index is 1.81. The second kappa shape index (κ2) is 6.54. The van der Waals surface area contributed by atoms with Gasteiger partial charge in [-0.3, -0.25) is 9.69 Å². The molecule has 0 aliphatic carbocycles. The Kier molecular flexibility index (Phi) is 5.01. The fourth-order valence-electron chi connectivity index (χ4n) is 2.18. The van der Waals surface area contributed by atoms with Gasteiger partial charge in [0.25, 0.3) is 5.91 Å². The van der Waals surface area contributed by atoms with Crippen LogP contribution >= 0.6 is 15.9 Å². The number of H-pyrrole nitrogens is 1. The van der Waals surface area contributed by atoms with Crippen molar-refractivity contribution in [2.24, 2.45) is 0 Å². The van der Waals surface area contributed by atoms with Gasteiger partial charge in [0.1, 0.15) is 5.69 Å². The van der Waals surface area contributed by atoms with Gasteiger partial charge < -0.3 is 14.8 Å². The van der Waals surface area contributed by atoms with Crippen LogP contribution in [-0.2, 0) is 0 Å². The van der Waals surface area contributed by atoms with Gasteiger partial charge in [0.2, 0.25) is 0 Å². The minimum Gasteiger partial charge on any atom is -0.356 e. The Morgan fingerprint density at radius 3 is 2.58 bits per heavy atom. The van der Waals surface area contributed by atoms with Crippen molar-refractivity contribution >= 4 is 21.8 Å². The highest BCUT2D eigenvalue weighted by Crippen LogP contribution is 2.13. The molecule has 0 radical (unpaired) electrons. The van der Waals surface area contributed by atoms with Crippen LogP contribution in [0.4, 0.5) is 0 Å². The van der Waals surface area contributed by atoms with E-state index in [1.807, 2.05) is 11.0 Å². The summed E-state index contributed by atoms with van der Waals surface area (Å²) in [5, 5.41) is 0. The Bertz CT molecular complexity index is 424. The zero-order valence-corrected chi connectivity index (χ0v) is 13.1. The van der Waals surface area contributed by atoms with Gasteiger partial charge in [0.05, 0.1) is 0 Å². The summed E-state index contributed by atoms with van der Waals surface area (Å²) in [4.78, 5) is 21.7. The molecule has 0 bridgehead atoms. The number of amides is 1. The number of nitrogens with zero attached hydrogens (tertiary/aromatic N) is 3. The Labute approximate surface area is 122 Å². The summed E-state index contributed by atoms with van der Waals surface area (Å²) < 4.78 is 0.917. The van der Waals surface area contributed by atoms with E-state index in [1.54, 1.807) is 6.20 Å². The van der Waals surface area contributed by atoms with E-state index in [-0.39, 0.29) is 5.91 Å². The maximum absolute atomic E-state index is 12.2. The molecule has 1 saturated heterocycles. The summed E-state index contributed by atoms with van der Waals surface area (Å²) in [5.74, 6) is 0.0953. The number of piperazine rings is 1. The van der Waals surface area contributed by atoms with Crippen LogP contribution in [0.15, 0.2) is 16.7 Å². The van der Waals surface area contributed by atoms with Gasteiger partial charge in [-0.25, -0.2) is 0 Å². The molecule has 0 spiro atoms. The molecule has 0 saturated carbocycles. The predicted octanol–water partition coefficient (Wildman–Crippen LogP) is 1.10. The van der Waals surface area contributed by atoms with E-state index in [1.165, 1.54) is 0 Å². The second-order valence-electron chi connectivity index (χ2n) is 5.17. The Hall–Kier alpha value is -0.850. The smallest absolute Gasteiger partial charge is 0.270 e. The zero-order valence-electron chi connectivity index (χ0n) is 11.5. The molecule has 5 nitrogen and oxygen atoms in total. The van der Waals surface area contributed by atoms with E-state index >= 15 is 0 Å². The Morgan fingerprint density at radius 2 is 2.05 bits per heavy atom. The summed E-state index contributed by atoms with van der Waals surface area (Å²) in [6, 6.07) is 1.83. The van der Waals surface area contributed by atoms with Gasteiger partial charge in [-0.2, -0.15) is 0 Å². The number of hydrogen-bond donors (Lipinski definition) is 1. The van der Waals surface area contributed by atoms with Gasteiger partial charge in [0, 0.05) is 49.9 Å². The molecule has 106 valence electrons. The van der Waals surface area contributed by atoms with E-state index in [4.69, 9.17) is 0 Å². The average molecular weight is 329 g/mol. The molecule has 0 aromatic carbocycles. The third-order valence-electron chi connectivity index (χ3n) is 3.40. The number of rotatable bonds is 4. The highest BCUT2D eigenvalue weighted by molar-refractivity contribution is 9.10. The third-order valence-corrected chi connectivity index (χ3v) is 3.86. The van der Waals surface area contributed by atoms with Crippen molar-refractivity contribution < 1.29 is 4.79 Å². The topological polar surface area (TPSA) is 42.6 Å². The number of likely N-dealkylation sites (N-methyl/N-ethyl adjacent to an activating group) is 1. The molecule has 1 aromatic heterocycles. The van der Waals surface area contributed by atoms with Crippen LogP contribution in [0.3, 0.4) is 0 Å². The van der Waals surface area contributed by atoms with Crippen LogP contribution in [0.1, 0.15) is 10.5 Å². The molecule has 1 amide bonds. The van der Waals surface area contributed by atoms with E-state index in [0.29, 0.717) is 5.69 Å². The van der Waals surface area contributed by atoms with Crippen LogP contribution < -0.4 is 0 Å². The molecule has 19 heavy (non-hydrogen) atoms. The molecule has 0 unspecified atom stereocenters. The van der Waals surface area contributed by atoms with Gasteiger partial charge in [-0.05, 0) is 36.1 Å². The summed E-state index contributed by atoms with van der Waals surface area (Å²) in [7, 11) is 4.17. The van der Waals surface area contributed by atoms with Crippen molar-refractivity contribution in [3.8, 4) is 0 Å². The standard InChI is InChI=1S/C13H21BrN4O/c1-16(2)3-4-17-5-7-18(8-6-17)13(19)12-9-11(14)10-15-12/h9-10,15H,3-8H2,1-2H3. The first-order valence-corrected chi connectivity index (χ1v) is 7.36. The minimum atomic E-state index is 0.0953. The first-order chi connectivity index (χ1) is 9.06. The molecule has 6 heteroatoms. The molecular formula is C13H21BrN4O. The quantitative estimate of drug-likeness (QED) is 0.899. The van der Waals surface area contributed by atoms with Crippen molar-refractivity contribution in [2.45, 2.75) is 0 Å². The number of aromatic amines is 1. The van der Waals surface area contributed by atoms with Crippen molar-refractivity contribution in [2.75, 3.05) is 53.4 Å². The minimum absolute atomic E-state index is 0.0953. The summed E-state index contributed by atoms with van der Waals surface area (Å²) in [5.41, 5.74) is 0.661. The highest BCUT2D eigenvalue weighted by atomic mass is 79.9. The van der Waals surface area contributed by atoms with Crippen LogP contribution in [0, 0.1) is 0 Å². The van der Waals surface area contributed by atoms with Gasteiger partial charge in [-0.1, -0.05) is 0 Å². The van der Waals surface area contributed by atoms with Crippen molar-refractivity contribution in [3.05, 3.63) is 22.4 Å². The molecule has 1 N–H and O–H groups in total. The van der Waals surface area contributed by atoms with Crippen molar-refractivity contribution in [1.82, 2.24) is 19.7 Å². The highest BCUT2D eigenvalue weighted by Gasteiger charge is 2.22. The third kappa shape index (κ3) is 4.06. The summed E-state index contributed by atoms with van der Waals surface area (Å²) in [6.07, 6.45) is 1.79. The molecule has 1 aliphatic rings. The van der Waals surface area contributed by atoms with E-state index in [9.17, 15) is 4.79 Å². The lowest BCUT2D eigenvalue weighted by atomic mass is 10.2. The maximum Gasteiger partial charge on any atom is 0.270 e. The maximum atomic E-state index is 12.2. The lowest BCUT2D eigenvalue weighted by Gasteiger charge is -2.35. The monoisotopic (exact) mass is 328 g/mol. The molecule has 0 atom stereocenters. The largest absolute Gasteiger partial charge is 0.356 e. The molecule has 1 aliphatic heterocycles. The molecular weight excluding hydrogens is 308 g/mol. The fourth-order valence-corrected chi connectivity index (χ4v) is 2.52. The zero-order chi connectivity index (χ0) is 13.8. The van der Waals surface area contributed by atoms with Gasteiger partial charge in [0.15, 0.2) is 0 Å². The van der Waals surface area contributed by atoms with E-state index < -0.39 is 0 Å². The van der Waals surface area contributed by atoms with Crippen LogP contribution in [-0.4, -0.2) is 79.0 Å². The summed E-state index contributed by atoms with van der Waals surface area (Å²) in [6.45, 7) is 5.68. The SMILES string of the molecule is CN(C)CCN1CCN(C(=O)c2cc(Br)c[nH]2)CC1. The number of aromatic nitrogens is 1. The van der Waals surface area contributed by atoms with E-state index in [0.717, 1.165) is 43.7 Å². The number of halogens is 1. The molecule has 2 rings (SSSR count). The number of nitrogens with one attached hydrogen (secondary N) is 1. The normalized spacial score (nSPS) is 17.2. The second-order valence-corrected chi connectivity index (χ2v) is 6.08. The van der Waals surface area contributed by atoms with E-state index in [2.05, 4.69) is 44.8 Å². The lowest BCUT2D eigenvalue weighted by Crippen LogP contribution is -2.50. The lowest BCUT2D eigenvalue weighted by molar-refractivity contribution is 0.0624. The van der Waals surface area contributed by atoms with Crippen LogP contribution in [0.2, 0.25) is 0 Å². The van der Waals surface area contributed by atoms with Crippen LogP contribution in [0.25, 0.3) is 0 Å². The van der Waals surface area contributed by atoms with Crippen molar-refractivity contribution in [3.63, 3.8) is 0 Å². The molecule has 1 aromatic rings. The van der Waals surface area contributed by atoms with Gasteiger partial charge >= 0.3 is 0 Å². The first kappa shape index (κ1) is 14.6. The number of carbonyl (C=O) groups is 1. The van der Waals surface area contributed by atoms with Crippen molar-refractivity contribution in [1.29, 1.82) is 0 Å².